The third-order valence-electron chi connectivity index (χ3n) is 4.00. The lowest BCUT2D eigenvalue weighted by Gasteiger charge is -2.30. The minimum Gasteiger partial charge on any atom is -0.492 e. The van der Waals surface area contributed by atoms with Gasteiger partial charge < -0.3 is 10.1 Å². The number of anilines is 1. The molecule has 146 valence electrons. The highest BCUT2D eigenvalue weighted by molar-refractivity contribution is 7.92. The van der Waals surface area contributed by atoms with Crippen molar-refractivity contribution >= 4 is 21.6 Å². The summed E-state index contributed by atoms with van der Waals surface area (Å²) in [6.07, 6.45) is 1.46. The first-order valence-electron chi connectivity index (χ1n) is 8.84. The van der Waals surface area contributed by atoms with Crippen LogP contribution in [0.5, 0.6) is 5.75 Å². The summed E-state index contributed by atoms with van der Waals surface area (Å²) in [4.78, 5) is 12.6. The molecular weight excluding hydrogens is 364 g/mol. The Morgan fingerprint density at radius 3 is 2.44 bits per heavy atom. The summed E-state index contributed by atoms with van der Waals surface area (Å²) in [7, 11) is -3.61. The normalized spacial score (nSPS) is 12.3. The van der Waals surface area contributed by atoms with E-state index >= 15 is 0 Å². The van der Waals surface area contributed by atoms with Gasteiger partial charge >= 0.3 is 0 Å². The molecule has 1 N–H and O–H groups in total. The summed E-state index contributed by atoms with van der Waals surface area (Å²) >= 11 is 0. The second kappa shape index (κ2) is 9.41. The fourth-order valence-electron chi connectivity index (χ4n) is 2.80. The monoisotopic (exact) mass is 390 g/mol. The Balaban J connectivity index is 2.01. The summed E-state index contributed by atoms with van der Waals surface area (Å²) in [5.41, 5.74) is 1.56. The lowest BCUT2D eigenvalue weighted by Crippen LogP contribution is -2.49. The highest BCUT2D eigenvalue weighted by atomic mass is 32.2. The van der Waals surface area contributed by atoms with Crippen LogP contribution < -0.4 is 14.4 Å². The van der Waals surface area contributed by atoms with E-state index in [0.29, 0.717) is 18.7 Å². The maximum atomic E-state index is 12.6. The summed E-state index contributed by atoms with van der Waals surface area (Å²) < 4.78 is 31.4. The van der Waals surface area contributed by atoms with Gasteiger partial charge in [0.15, 0.2) is 0 Å². The van der Waals surface area contributed by atoms with Crippen molar-refractivity contribution in [1.82, 2.24) is 5.32 Å². The zero-order valence-electron chi connectivity index (χ0n) is 15.9. The number of nitrogens with one attached hydrogen (secondary N) is 1. The largest absolute Gasteiger partial charge is 0.492 e. The van der Waals surface area contributed by atoms with E-state index in [4.69, 9.17) is 4.74 Å². The zero-order valence-corrected chi connectivity index (χ0v) is 16.7. The molecule has 2 aromatic rings. The summed E-state index contributed by atoms with van der Waals surface area (Å²) in [6.45, 7) is 4.35. The molecule has 0 heterocycles. The molecule has 2 aromatic carbocycles. The minimum atomic E-state index is -3.61. The van der Waals surface area contributed by atoms with Crippen LogP contribution in [0.2, 0.25) is 0 Å². The lowest BCUT2D eigenvalue weighted by molar-refractivity contribution is -0.122. The maximum Gasteiger partial charge on any atom is 0.244 e. The van der Waals surface area contributed by atoms with E-state index in [9.17, 15) is 13.2 Å². The minimum absolute atomic E-state index is 0.287. The zero-order chi connectivity index (χ0) is 19.9. The lowest BCUT2D eigenvalue weighted by atomic mass is 10.2. The van der Waals surface area contributed by atoms with Crippen LogP contribution in [0.3, 0.4) is 0 Å². The predicted octanol–water partition coefficient (Wildman–Crippen LogP) is 2.73. The molecule has 6 nitrogen and oxygen atoms in total. The van der Waals surface area contributed by atoms with Crippen molar-refractivity contribution in [2.24, 2.45) is 0 Å². The molecule has 1 amide bonds. The molecule has 0 saturated carbocycles. The SMILES string of the molecule is CC[C@@H](C(=O)NCCOc1cccc(C)c1)N(c1ccccc1)S(C)(=O)=O. The van der Waals surface area contributed by atoms with Crippen LogP contribution in [0.25, 0.3) is 0 Å². The fourth-order valence-corrected chi connectivity index (χ4v) is 4.01. The number of para-hydroxylation sites is 1. The molecule has 0 fully saturated rings. The van der Waals surface area contributed by atoms with Gasteiger partial charge in [-0.25, -0.2) is 8.42 Å². The van der Waals surface area contributed by atoms with E-state index in [1.54, 1.807) is 37.3 Å². The van der Waals surface area contributed by atoms with Crippen molar-refractivity contribution in [3.8, 4) is 5.75 Å². The number of amides is 1. The van der Waals surface area contributed by atoms with E-state index in [2.05, 4.69) is 5.32 Å². The first-order chi connectivity index (χ1) is 12.8. The predicted molar refractivity (Wildman–Crippen MR) is 108 cm³/mol. The second-order valence-electron chi connectivity index (χ2n) is 6.27. The highest BCUT2D eigenvalue weighted by Crippen LogP contribution is 2.22. The number of aryl methyl sites for hydroxylation is 1. The number of ether oxygens (including phenoxy) is 1. The number of benzene rings is 2. The molecule has 7 heteroatoms. The summed E-state index contributed by atoms with van der Waals surface area (Å²) in [6, 6.07) is 15.5. The molecule has 0 aromatic heterocycles. The Morgan fingerprint density at radius 2 is 1.85 bits per heavy atom. The van der Waals surface area contributed by atoms with Gasteiger partial charge in [-0.1, -0.05) is 37.3 Å². The van der Waals surface area contributed by atoms with Crippen LogP contribution in [-0.4, -0.2) is 39.8 Å². The van der Waals surface area contributed by atoms with Gasteiger partial charge in [-0.05, 0) is 43.2 Å². The molecule has 0 saturated heterocycles. The van der Waals surface area contributed by atoms with Gasteiger partial charge in [0, 0.05) is 0 Å². The number of hydrogen-bond donors (Lipinski definition) is 1. The van der Waals surface area contributed by atoms with Crippen LogP contribution in [0.4, 0.5) is 5.69 Å². The highest BCUT2D eigenvalue weighted by Gasteiger charge is 2.31. The van der Waals surface area contributed by atoms with Crippen LogP contribution in [-0.2, 0) is 14.8 Å². The third kappa shape index (κ3) is 5.99. The number of rotatable bonds is 9. The Kier molecular flexibility index (Phi) is 7.24. The van der Waals surface area contributed by atoms with E-state index in [-0.39, 0.29) is 12.5 Å². The van der Waals surface area contributed by atoms with Crippen molar-refractivity contribution in [2.75, 3.05) is 23.7 Å². The van der Waals surface area contributed by atoms with Crippen LogP contribution in [0, 0.1) is 6.92 Å². The average molecular weight is 391 g/mol. The van der Waals surface area contributed by atoms with Gasteiger partial charge in [-0.2, -0.15) is 0 Å². The van der Waals surface area contributed by atoms with Crippen molar-refractivity contribution in [1.29, 1.82) is 0 Å². The Hall–Kier alpha value is -2.54. The molecule has 0 aliphatic carbocycles. The molecule has 1 atom stereocenters. The molecule has 27 heavy (non-hydrogen) atoms. The number of carbonyl (C=O) groups excluding carboxylic acids is 1. The number of nitrogens with zero attached hydrogens (tertiary/aromatic N) is 1. The molecule has 0 radical (unpaired) electrons. The first kappa shape index (κ1) is 20.8. The van der Waals surface area contributed by atoms with Crippen molar-refractivity contribution < 1.29 is 17.9 Å². The molecule has 2 rings (SSSR count). The topological polar surface area (TPSA) is 75.7 Å². The van der Waals surface area contributed by atoms with Gasteiger partial charge in [0.2, 0.25) is 15.9 Å². The summed E-state index contributed by atoms with van der Waals surface area (Å²) in [5.74, 6) is 0.387. The standard InChI is InChI=1S/C20H26N2O4S/c1-4-19(22(27(3,24)25)17-10-6-5-7-11-17)20(23)21-13-14-26-18-12-8-9-16(2)15-18/h5-12,15,19H,4,13-14H2,1-3H3,(H,21,23)/t19-/m0/s1. The Labute approximate surface area is 161 Å². The quantitative estimate of drug-likeness (QED) is 0.668. The van der Waals surface area contributed by atoms with Crippen LogP contribution in [0.1, 0.15) is 18.9 Å². The Bertz CT molecular complexity index is 853. The van der Waals surface area contributed by atoms with Crippen molar-refractivity contribution in [3.05, 3.63) is 60.2 Å². The third-order valence-corrected chi connectivity index (χ3v) is 5.18. The van der Waals surface area contributed by atoms with Gasteiger partial charge in [0.05, 0.1) is 18.5 Å². The number of carbonyl (C=O) groups is 1. The van der Waals surface area contributed by atoms with E-state index < -0.39 is 16.1 Å². The van der Waals surface area contributed by atoms with Crippen molar-refractivity contribution in [2.45, 2.75) is 26.3 Å². The van der Waals surface area contributed by atoms with Gasteiger partial charge in [-0.15, -0.1) is 0 Å². The van der Waals surface area contributed by atoms with Crippen LogP contribution in [0.15, 0.2) is 54.6 Å². The molecule has 0 aliphatic heterocycles. The number of hydrogen-bond acceptors (Lipinski definition) is 4. The second-order valence-corrected chi connectivity index (χ2v) is 8.13. The van der Waals surface area contributed by atoms with Gasteiger partial charge in [0.1, 0.15) is 18.4 Å². The van der Waals surface area contributed by atoms with Crippen LogP contribution >= 0.6 is 0 Å². The summed E-state index contributed by atoms with van der Waals surface area (Å²) in [5, 5.41) is 2.77. The van der Waals surface area contributed by atoms with Gasteiger partial charge in [0.25, 0.3) is 0 Å². The number of sulfonamides is 1. The average Bonchev–Trinajstić information content (AvgIpc) is 2.62. The molecule has 0 unspecified atom stereocenters. The van der Waals surface area contributed by atoms with E-state index in [0.717, 1.165) is 17.6 Å². The first-order valence-corrected chi connectivity index (χ1v) is 10.7. The smallest absolute Gasteiger partial charge is 0.244 e. The molecule has 0 aliphatic rings. The molecule has 0 bridgehead atoms. The van der Waals surface area contributed by atoms with E-state index in [1.807, 2.05) is 31.2 Å². The van der Waals surface area contributed by atoms with E-state index in [1.165, 1.54) is 4.31 Å². The molecular formula is C20H26N2O4S. The molecule has 0 spiro atoms. The maximum absolute atomic E-state index is 12.6. The van der Waals surface area contributed by atoms with Gasteiger partial charge in [-0.3, -0.25) is 9.10 Å². The van der Waals surface area contributed by atoms with Crippen molar-refractivity contribution in [3.63, 3.8) is 0 Å². The fraction of sp³-hybridized carbons (Fsp3) is 0.350. The Morgan fingerprint density at radius 1 is 1.15 bits per heavy atom.